The molecular weight excluding hydrogens is 427 g/mol. The predicted octanol–water partition coefficient (Wildman–Crippen LogP) is 6.58. The monoisotopic (exact) mass is 462 g/mol. The molecule has 2 aliphatic rings. The first kappa shape index (κ1) is 22.4. The van der Waals surface area contributed by atoms with Crippen LogP contribution >= 0.6 is 15.9 Å². The van der Waals surface area contributed by atoms with Crippen molar-refractivity contribution in [3.63, 3.8) is 0 Å². The minimum Gasteiger partial charge on any atom is -0.462 e. The van der Waals surface area contributed by atoms with E-state index in [1.54, 1.807) is 0 Å². The van der Waals surface area contributed by atoms with Gasteiger partial charge < -0.3 is 13.7 Å². The summed E-state index contributed by atoms with van der Waals surface area (Å²) in [5.74, 6) is -0.239. The van der Waals surface area contributed by atoms with Crippen molar-refractivity contribution in [3.8, 4) is 0 Å². The normalized spacial score (nSPS) is 19.1. The molecule has 0 radical (unpaired) electrons. The molecule has 160 valence electrons. The van der Waals surface area contributed by atoms with Gasteiger partial charge in [-0.05, 0) is 42.9 Å². The minimum atomic E-state index is -1.03. The van der Waals surface area contributed by atoms with Gasteiger partial charge in [0.2, 0.25) is 0 Å². The summed E-state index contributed by atoms with van der Waals surface area (Å²) in [6.07, 6.45) is 11.4. The lowest BCUT2D eigenvalue weighted by molar-refractivity contribution is -0.342. The molecule has 0 fully saturated rings. The predicted molar refractivity (Wildman–Crippen MR) is 126 cm³/mol. The second kappa shape index (κ2) is 8.45. The number of rotatable bonds is 8. The van der Waals surface area contributed by atoms with Crippen LogP contribution < -0.4 is 0 Å². The van der Waals surface area contributed by atoms with E-state index < -0.39 is 6.42 Å². The van der Waals surface area contributed by atoms with Gasteiger partial charge in [0, 0.05) is 30.5 Å². The van der Waals surface area contributed by atoms with Gasteiger partial charge in [0.25, 0.3) is 0 Å². The molecule has 0 saturated heterocycles. The van der Waals surface area contributed by atoms with Crippen LogP contribution in [0.25, 0.3) is 6.08 Å². The molecule has 6 heteroatoms. The third-order valence-corrected chi connectivity index (χ3v) is 7.95. The highest BCUT2D eigenvalue weighted by atomic mass is 79.9. The Labute approximate surface area is 184 Å². The van der Waals surface area contributed by atoms with Gasteiger partial charge in [0.05, 0.1) is 16.6 Å². The molecule has 1 aromatic rings. The van der Waals surface area contributed by atoms with Gasteiger partial charge in [0.1, 0.15) is 11.4 Å². The van der Waals surface area contributed by atoms with Crippen molar-refractivity contribution >= 4 is 40.1 Å². The third kappa shape index (κ3) is 3.66. The van der Waals surface area contributed by atoms with E-state index in [-0.39, 0.29) is 11.4 Å². The maximum atomic E-state index is 12.6. The fourth-order valence-electron chi connectivity index (χ4n) is 5.43. The largest absolute Gasteiger partial charge is 0.462 e. The Hall–Kier alpha value is -1.30. The van der Waals surface area contributed by atoms with Gasteiger partial charge in [-0.25, -0.2) is 4.79 Å². The molecule has 4 nitrogen and oxygen atoms in total. The molecule has 29 heavy (non-hydrogen) atoms. The van der Waals surface area contributed by atoms with Gasteiger partial charge >= 0.3 is 12.4 Å². The topological polar surface area (TPSA) is 34.2 Å². The van der Waals surface area contributed by atoms with E-state index in [2.05, 4.69) is 71.8 Å². The van der Waals surface area contributed by atoms with Crippen LogP contribution in [0.1, 0.15) is 89.7 Å². The molecule has 0 spiro atoms. The van der Waals surface area contributed by atoms with Crippen molar-refractivity contribution < 1.29 is 14.0 Å². The van der Waals surface area contributed by atoms with Crippen molar-refractivity contribution in [2.75, 3.05) is 6.61 Å². The first-order valence-electron chi connectivity index (χ1n) is 11.3. The number of carbonyl (C=O) groups is 1. The van der Waals surface area contributed by atoms with Crippen LogP contribution in [-0.2, 0) is 4.74 Å². The molecule has 0 unspecified atom stereocenters. The molecule has 0 saturated carbocycles. The van der Waals surface area contributed by atoms with Crippen molar-refractivity contribution in [3.05, 3.63) is 27.6 Å². The zero-order chi connectivity index (χ0) is 21.4. The molecule has 0 amide bonds. The quantitative estimate of drug-likeness (QED) is 0.323. The Bertz CT molecular complexity index is 858. The molecule has 0 aromatic carbocycles. The van der Waals surface area contributed by atoms with E-state index in [4.69, 9.17) is 4.74 Å². The first-order chi connectivity index (χ1) is 13.7. The van der Waals surface area contributed by atoms with Gasteiger partial charge in [-0.3, -0.25) is 0 Å². The molecule has 2 aliphatic heterocycles. The summed E-state index contributed by atoms with van der Waals surface area (Å²) < 4.78 is 11.4. The van der Waals surface area contributed by atoms with E-state index in [0.717, 1.165) is 29.2 Å². The summed E-state index contributed by atoms with van der Waals surface area (Å²) in [4.78, 5) is 12.6. The number of hydrogen-bond donors (Lipinski definition) is 0. The van der Waals surface area contributed by atoms with Crippen LogP contribution in [0.2, 0.25) is 12.6 Å². The van der Waals surface area contributed by atoms with Crippen molar-refractivity contribution in [1.29, 1.82) is 0 Å². The Morgan fingerprint density at radius 3 is 2.41 bits per heavy atom. The number of nitrogens with zero attached hydrogens (tertiary/aromatic N) is 2. The number of esters is 1. The lowest BCUT2D eigenvalue weighted by atomic mass is 9.38. The number of fused-ring (bicyclic) bond motifs is 2. The number of halogens is 1. The highest BCUT2D eigenvalue weighted by Crippen LogP contribution is 2.46. The van der Waals surface area contributed by atoms with Gasteiger partial charge in [-0.15, -0.1) is 0 Å². The second-order valence-electron chi connectivity index (χ2n) is 9.44. The number of unbranched alkanes of at least 4 members (excludes halogenated alkanes) is 2. The van der Waals surface area contributed by atoms with Crippen molar-refractivity contribution in [2.24, 2.45) is 5.41 Å². The van der Waals surface area contributed by atoms with Crippen LogP contribution in [0, 0.1) is 5.41 Å². The number of allylic oxidation sites excluding steroid dienone is 1. The smallest absolute Gasteiger partial charge is 0.378 e. The van der Waals surface area contributed by atoms with E-state index in [1.165, 1.54) is 37.1 Å². The number of ether oxygens (including phenoxy) is 1. The molecular formula is C23H36BBrN2O2. The summed E-state index contributed by atoms with van der Waals surface area (Å²) in [6, 6.07) is 0. The van der Waals surface area contributed by atoms with Crippen LogP contribution in [0.3, 0.4) is 0 Å². The van der Waals surface area contributed by atoms with Crippen LogP contribution in [0.4, 0.5) is 0 Å². The van der Waals surface area contributed by atoms with E-state index in [9.17, 15) is 4.79 Å². The van der Waals surface area contributed by atoms with Gasteiger partial charge in [-0.1, -0.05) is 52.2 Å². The second-order valence-corrected chi connectivity index (χ2v) is 10.2. The SMILES string of the molecule is CCCC[B-]1(CCCC)n2cc(C(=O)OCC)c(Br)c2C=C2CC(C)(C)C(C)=[N+]21. The Kier molecular flexibility index (Phi) is 6.52. The maximum absolute atomic E-state index is 12.6. The molecule has 3 heterocycles. The molecule has 3 rings (SSSR count). The van der Waals surface area contributed by atoms with Crippen molar-refractivity contribution in [2.45, 2.75) is 86.3 Å². The fourth-order valence-corrected chi connectivity index (χ4v) is 6.01. The summed E-state index contributed by atoms with van der Waals surface area (Å²) in [7, 11) is 0. The summed E-state index contributed by atoms with van der Waals surface area (Å²) in [5, 5.41) is 0. The molecule has 0 bridgehead atoms. The molecule has 0 N–H and O–H groups in total. The highest BCUT2D eigenvalue weighted by Gasteiger charge is 2.52. The van der Waals surface area contributed by atoms with Crippen LogP contribution in [0.5, 0.6) is 0 Å². The minimum absolute atomic E-state index is 0.164. The first-order valence-corrected chi connectivity index (χ1v) is 12.1. The van der Waals surface area contributed by atoms with Crippen LogP contribution in [-0.4, -0.2) is 33.7 Å². The lowest BCUT2D eigenvalue weighted by Crippen LogP contribution is -2.56. The summed E-state index contributed by atoms with van der Waals surface area (Å²) in [6.45, 7) is 13.8. The molecule has 1 aromatic heterocycles. The highest BCUT2D eigenvalue weighted by molar-refractivity contribution is 9.10. The summed E-state index contributed by atoms with van der Waals surface area (Å²) >= 11 is 3.75. The molecule has 0 aliphatic carbocycles. The average Bonchev–Trinajstić information content (AvgIpc) is 3.12. The third-order valence-electron chi connectivity index (χ3n) is 7.12. The van der Waals surface area contributed by atoms with E-state index in [0.29, 0.717) is 12.2 Å². The number of carbonyl (C=O) groups excluding carboxylic acids is 1. The van der Waals surface area contributed by atoms with Crippen molar-refractivity contribution in [1.82, 2.24) is 4.48 Å². The van der Waals surface area contributed by atoms with E-state index in [1.807, 2.05) is 6.92 Å². The van der Waals surface area contributed by atoms with Gasteiger partial charge in [-0.2, -0.15) is 0 Å². The lowest BCUT2D eigenvalue weighted by Gasteiger charge is -2.42. The average molecular weight is 463 g/mol. The van der Waals surface area contributed by atoms with Gasteiger partial charge in [0.15, 0.2) is 0 Å². The van der Waals surface area contributed by atoms with E-state index >= 15 is 0 Å². The maximum Gasteiger partial charge on any atom is 0.378 e. The Morgan fingerprint density at radius 2 is 1.86 bits per heavy atom. The zero-order valence-electron chi connectivity index (χ0n) is 19.0. The standard InChI is InChI=1S/C23H36BBrN2O2/c1-7-10-12-24(13-11-8-2)26-16-19(22(28)29-9-3)21(25)20(26)14-18-15-23(5,6)17(4)27(18)24/h14,16H,7-13,15H2,1-6H3. The zero-order valence-corrected chi connectivity index (χ0v) is 20.6. The van der Waals surface area contributed by atoms with Crippen LogP contribution in [0.15, 0.2) is 16.4 Å². The summed E-state index contributed by atoms with van der Waals surface area (Å²) in [5.41, 5.74) is 4.82. The Morgan fingerprint density at radius 1 is 1.24 bits per heavy atom. The fraction of sp³-hybridized carbons (Fsp3) is 0.652. The molecule has 0 atom stereocenters. The Balaban J connectivity index is 2.27. The number of hydrogen-bond acceptors (Lipinski definition) is 2. The number of aromatic nitrogens is 1.